The van der Waals surface area contributed by atoms with Gasteiger partial charge in [0.15, 0.2) is 0 Å². The van der Waals surface area contributed by atoms with Crippen molar-refractivity contribution in [2.24, 2.45) is 0 Å². The van der Waals surface area contributed by atoms with Crippen LogP contribution in [0.4, 0.5) is 8.78 Å². The van der Waals surface area contributed by atoms with Crippen molar-refractivity contribution >= 4 is 0 Å². The minimum atomic E-state index is -2.61. The molecule has 0 amide bonds. The molecule has 1 aliphatic heterocycles. The molecule has 6 nitrogen and oxygen atoms in total. The number of aliphatic hydroxyl groups excluding tert-OH is 4. The first kappa shape index (κ1) is 16.1. The highest BCUT2D eigenvalue weighted by atomic mass is 19.3. The average Bonchev–Trinajstić information content (AvgIpc) is 2.48. The largest absolute Gasteiger partial charge is 0.462 e. The number of aliphatic hydroxyl groups is 4. The normalized spacial score (nSPS) is 33.2. The maximum absolute atomic E-state index is 12.4. The van der Waals surface area contributed by atoms with E-state index in [1.165, 1.54) is 12.1 Å². The molecule has 118 valence electrons. The third-order valence-corrected chi connectivity index (χ3v) is 3.23. The molecule has 1 aromatic carbocycles. The maximum Gasteiger partial charge on any atom is 0.263 e. The summed E-state index contributed by atoms with van der Waals surface area (Å²) < 4.78 is 35.2. The Kier molecular flexibility index (Phi) is 5.07. The fourth-order valence-electron chi connectivity index (χ4n) is 1.99. The molecular formula is C13H16F2O6. The van der Waals surface area contributed by atoms with Gasteiger partial charge in [-0.2, -0.15) is 0 Å². The molecule has 2 unspecified atom stereocenters. The van der Waals surface area contributed by atoms with Gasteiger partial charge in [-0.05, 0) is 24.3 Å². The lowest BCUT2D eigenvalue weighted by molar-refractivity contribution is -0.277. The van der Waals surface area contributed by atoms with Crippen molar-refractivity contribution in [3.63, 3.8) is 0 Å². The predicted octanol–water partition coefficient (Wildman–Crippen LogP) is -0.197. The number of benzene rings is 1. The first-order chi connectivity index (χ1) is 9.93. The molecule has 0 aromatic heterocycles. The molecule has 0 saturated carbocycles. The van der Waals surface area contributed by atoms with E-state index in [-0.39, 0.29) is 11.3 Å². The van der Waals surface area contributed by atoms with E-state index in [4.69, 9.17) is 14.6 Å². The van der Waals surface area contributed by atoms with Crippen molar-refractivity contribution in [2.45, 2.75) is 37.1 Å². The van der Waals surface area contributed by atoms with Crippen LogP contribution in [0.2, 0.25) is 0 Å². The van der Waals surface area contributed by atoms with E-state index in [9.17, 15) is 24.1 Å². The molecule has 8 heteroatoms. The van der Waals surface area contributed by atoms with Crippen LogP contribution in [-0.2, 0) is 4.74 Å². The summed E-state index contributed by atoms with van der Waals surface area (Å²) in [5, 5.41) is 38.0. The van der Waals surface area contributed by atoms with Crippen LogP contribution in [-0.4, -0.2) is 57.7 Å². The molecule has 2 rings (SSSR count). The lowest BCUT2D eigenvalue weighted by atomic mass is 9.99. The van der Waals surface area contributed by atoms with Crippen LogP contribution in [0.25, 0.3) is 0 Å². The van der Waals surface area contributed by atoms with Gasteiger partial charge in [0.2, 0.25) is 6.29 Å². The van der Waals surface area contributed by atoms with E-state index in [0.29, 0.717) is 0 Å². The molecule has 1 heterocycles. The van der Waals surface area contributed by atoms with E-state index in [1.807, 2.05) is 0 Å². The number of halogens is 2. The highest BCUT2D eigenvalue weighted by molar-refractivity contribution is 5.28. The van der Waals surface area contributed by atoms with Gasteiger partial charge in [-0.3, -0.25) is 0 Å². The van der Waals surface area contributed by atoms with E-state index < -0.39 is 43.7 Å². The lowest BCUT2D eigenvalue weighted by Crippen LogP contribution is -2.60. The molecule has 5 atom stereocenters. The van der Waals surface area contributed by atoms with Gasteiger partial charge in [0.25, 0.3) is 6.43 Å². The summed E-state index contributed by atoms with van der Waals surface area (Å²) in [5.74, 6) is 0.142. The number of ether oxygens (including phenoxy) is 2. The Labute approximate surface area is 119 Å². The summed E-state index contributed by atoms with van der Waals surface area (Å²) in [6.07, 6.45) is -9.61. The highest BCUT2D eigenvalue weighted by Gasteiger charge is 2.44. The number of rotatable bonds is 4. The quantitative estimate of drug-likeness (QED) is 0.615. The number of hydrogen-bond donors (Lipinski definition) is 4. The van der Waals surface area contributed by atoms with Crippen molar-refractivity contribution in [3.05, 3.63) is 29.8 Å². The third kappa shape index (κ3) is 3.47. The fraction of sp³-hybridized carbons (Fsp3) is 0.538. The molecule has 21 heavy (non-hydrogen) atoms. The summed E-state index contributed by atoms with van der Waals surface area (Å²) >= 11 is 0. The van der Waals surface area contributed by atoms with Gasteiger partial charge in [0, 0.05) is 5.56 Å². The predicted molar refractivity (Wildman–Crippen MR) is 65.8 cm³/mol. The number of alkyl halides is 2. The zero-order valence-corrected chi connectivity index (χ0v) is 10.8. The molecule has 0 spiro atoms. The Morgan fingerprint density at radius 1 is 1.05 bits per heavy atom. The van der Waals surface area contributed by atoms with Crippen LogP contribution in [0.1, 0.15) is 12.0 Å². The van der Waals surface area contributed by atoms with Crippen LogP contribution in [0.5, 0.6) is 5.75 Å². The lowest BCUT2D eigenvalue weighted by Gasteiger charge is -2.39. The molecule has 1 saturated heterocycles. The van der Waals surface area contributed by atoms with Crippen LogP contribution in [0, 0.1) is 0 Å². The first-order valence-corrected chi connectivity index (χ1v) is 6.29. The summed E-state index contributed by atoms with van der Waals surface area (Å²) in [6, 6.07) is 4.85. The van der Waals surface area contributed by atoms with Gasteiger partial charge in [-0.15, -0.1) is 0 Å². The van der Waals surface area contributed by atoms with Gasteiger partial charge in [0.05, 0.1) is 6.61 Å². The smallest absolute Gasteiger partial charge is 0.263 e. The number of hydrogen-bond acceptors (Lipinski definition) is 6. The Balaban J connectivity index is 2.07. The molecular weight excluding hydrogens is 290 g/mol. The van der Waals surface area contributed by atoms with Crippen molar-refractivity contribution in [3.8, 4) is 5.75 Å². The molecule has 1 aromatic rings. The molecule has 1 aliphatic rings. The van der Waals surface area contributed by atoms with Crippen molar-refractivity contribution < 1.29 is 38.7 Å². The average molecular weight is 306 g/mol. The van der Waals surface area contributed by atoms with Crippen LogP contribution >= 0.6 is 0 Å². The van der Waals surface area contributed by atoms with E-state index in [1.54, 1.807) is 0 Å². The first-order valence-electron chi connectivity index (χ1n) is 6.29. The van der Waals surface area contributed by atoms with Crippen LogP contribution in [0.3, 0.4) is 0 Å². The molecule has 4 N–H and O–H groups in total. The minimum Gasteiger partial charge on any atom is -0.462 e. The second-order valence-corrected chi connectivity index (χ2v) is 4.68. The Bertz CT molecular complexity index is 452. The second kappa shape index (κ2) is 6.63. The summed E-state index contributed by atoms with van der Waals surface area (Å²) in [6.45, 7) is -0.574. The van der Waals surface area contributed by atoms with Crippen molar-refractivity contribution in [1.82, 2.24) is 0 Å². The highest BCUT2D eigenvalue weighted by Crippen LogP contribution is 2.26. The maximum atomic E-state index is 12.4. The Hall–Kier alpha value is -1.32. The fourth-order valence-corrected chi connectivity index (χ4v) is 1.99. The van der Waals surface area contributed by atoms with E-state index in [2.05, 4.69) is 0 Å². The third-order valence-electron chi connectivity index (χ3n) is 3.23. The molecule has 1 fully saturated rings. The van der Waals surface area contributed by atoms with E-state index >= 15 is 0 Å². The van der Waals surface area contributed by atoms with Gasteiger partial charge < -0.3 is 29.9 Å². The standard InChI is InChI=1S/C13H16F2O6/c14-12(15)6-1-3-7(4-2-6)20-13-11(19)10(18)9(17)8(5-16)21-13/h1-4,8-13,16-19H,5H2/t8?,9-,10+,11?,13-/m1/s1. The Morgan fingerprint density at radius 3 is 2.19 bits per heavy atom. The van der Waals surface area contributed by atoms with Crippen LogP contribution in [0.15, 0.2) is 24.3 Å². The van der Waals surface area contributed by atoms with E-state index in [0.717, 1.165) is 12.1 Å². The Morgan fingerprint density at radius 2 is 1.67 bits per heavy atom. The van der Waals surface area contributed by atoms with Gasteiger partial charge in [-0.1, -0.05) is 0 Å². The summed E-state index contributed by atoms with van der Waals surface area (Å²) in [7, 11) is 0. The monoisotopic (exact) mass is 306 g/mol. The van der Waals surface area contributed by atoms with Gasteiger partial charge in [-0.25, -0.2) is 8.78 Å². The molecule has 0 aliphatic carbocycles. The van der Waals surface area contributed by atoms with Crippen molar-refractivity contribution in [1.29, 1.82) is 0 Å². The van der Waals surface area contributed by atoms with Gasteiger partial charge >= 0.3 is 0 Å². The second-order valence-electron chi connectivity index (χ2n) is 4.68. The van der Waals surface area contributed by atoms with Crippen molar-refractivity contribution in [2.75, 3.05) is 6.61 Å². The minimum absolute atomic E-state index is 0.142. The SMILES string of the molecule is OCC1O[C@@H](Oc2ccc(C(F)F)cc2)C(O)[C@@H](O)[C@@H]1O. The summed E-state index contributed by atoms with van der Waals surface area (Å²) in [4.78, 5) is 0. The van der Waals surface area contributed by atoms with Gasteiger partial charge in [0.1, 0.15) is 30.2 Å². The molecule has 0 bridgehead atoms. The zero-order chi connectivity index (χ0) is 15.6. The summed E-state index contributed by atoms with van der Waals surface area (Å²) in [5.41, 5.74) is -0.184. The zero-order valence-electron chi connectivity index (χ0n) is 10.8. The topological polar surface area (TPSA) is 99.4 Å². The van der Waals surface area contributed by atoms with Crippen LogP contribution < -0.4 is 4.74 Å². The molecule has 0 radical (unpaired) electrons.